The smallest absolute Gasteiger partial charge is 0.251 e. The molecule has 1 N–H and O–H groups in total. The molecule has 0 aromatic heterocycles. The SMILES string of the molecule is CC(NC(=O)c1ccc(F)c(S(=O)(=O)N2CCCC2)c1)c1ccc(F)cc1. The first-order valence-electron chi connectivity index (χ1n) is 8.65. The fraction of sp³-hybridized carbons (Fsp3) is 0.316. The summed E-state index contributed by atoms with van der Waals surface area (Å²) in [6.07, 6.45) is 1.46. The molecule has 1 heterocycles. The Morgan fingerprint density at radius 3 is 2.33 bits per heavy atom. The Bertz CT molecular complexity index is 940. The second-order valence-electron chi connectivity index (χ2n) is 6.50. The Kier molecular flexibility index (Phi) is 5.57. The molecule has 144 valence electrons. The maximum Gasteiger partial charge on any atom is 0.251 e. The third-order valence-electron chi connectivity index (χ3n) is 4.59. The van der Waals surface area contributed by atoms with Gasteiger partial charge in [-0.2, -0.15) is 4.31 Å². The number of benzene rings is 2. The van der Waals surface area contributed by atoms with Crippen molar-refractivity contribution in [2.24, 2.45) is 0 Å². The highest BCUT2D eigenvalue weighted by molar-refractivity contribution is 7.89. The fourth-order valence-electron chi connectivity index (χ4n) is 3.02. The summed E-state index contributed by atoms with van der Waals surface area (Å²) < 4.78 is 53.7. The van der Waals surface area contributed by atoms with Crippen LogP contribution in [-0.4, -0.2) is 31.7 Å². The van der Waals surface area contributed by atoms with Crippen LogP contribution in [0, 0.1) is 11.6 Å². The van der Waals surface area contributed by atoms with Crippen LogP contribution in [0.4, 0.5) is 8.78 Å². The van der Waals surface area contributed by atoms with E-state index in [0.29, 0.717) is 18.7 Å². The van der Waals surface area contributed by atoms with Gasteiger partial charge in [-0.15, -0.1) is 0 Å². The lowest BCUT2D eigenvalue weighted by Crippen LogP contribution is -2.30. The number of nitrogens with one attached hydrogen (secondary N) is 1. The van der Waals surface area contributed by atoms with E-state index in [0.717, 1.165) is 25.0 Å². The standard InChI is InChI=1S/C19H20F2N2O3S/c1-13(14-4-7-16(20)8-5-14)22-19(24)15-6-9-17(21)18(12-15)27(25,26)23-10-2-3-11-23/h4-9,12-13H,2-3,10-11H2,1H3,(H,22,24). The number of carbonyl (C=O) groups is 1. The van der Waals surface area contributed by atoms with Crippen LogP contribution >= 0.6 is 0 Å². The zero-order chi connectivity index (χ0) is 19.6. The van der Waals surface area contributed by atoms with Crippen molar-refractivity contribution in [3.63, 3.8) is 0 Å². The Morgan fingerprint density at radius 2 is 1.70 bits per heavy atom. The predicted molar refractivity (Wildman–Crippen MR) is 96.7 cm³/mol. The van der Waals surface area contributed by atoms with Gasteiger partial charge in [0.05, 0.1) is 6.04 Å². The summed E-state index contributed by atoms with van der Waals surface area (Å²) in [5.41, 5.74) is 0.736. The van der Waals surface area contributed by atoms with Gasteiger partial charge in [0.15, 0.2) is 0 Å². The van der Waals surface area contributed by atoms with Gasteiger partial charge in [-0.3, -0.25) is 4.79 Å². The van der Waals surface area contributed by atoms with Crippen LogP contribution in [0.25, 0.3) is 0 Å². The van der Waals surface area contributed by atoms with Gasteiger partial charge in [0.25, 0.3) is 5.91 Å². The minimum absolute atomic E-state index is 0.0446. The molecule has 0 aliphatic carbocycles. The number of halogens is 2. The van der Waals surface area contributed by atoms with Crippen molar-refractivity contribution in [2.45, 2.75) is 30.7 Å². The first-order valence-corrected chi connectivity index (χ1v) is 10.1. The Labute approximate surface area is 157 Å². The first-order chi connectivity index (χ1) is 12.8. The average Bonchev–Trinajstić information content (AvgIpc) is 3.18. The van der Waals surface area contributed by atoms with Crippen molar-refractivity contribution in [1.29, 1.82) is 0 Å². The van der Waals surface area contributed by atoms with Gasteiger partial charge in [-0.1, -0.05) is 12.1 Å². The third-order valence-corrected chi connectivity index (χ3v) is 6.51. The summed E-state index contributed by atoms with van der Waals surface area (Å²) in [4.78, 5) is 12.0. The number of carbonyl (C=O) groups excluding carboxylic acids is 1. The van der Waals surface area contributed by atoms with Crippen molar-refractivity contribution < 1.29 is 22.0 Å². The van der Waals surface area contributed by atoms with Gasteiger partial charge in [0.2, 0.25) is 10.0 Å². The molecule has 1 amide bonds. The molecule has 1 atom stereocenters. The van der Waals surface area contributed by atoms with Crippen molar-refractivity contribution in [3.05, 3.63) is 65.2 Å². The average molecular weight is 394 g/mol. The molecule has 1 aliphatic rings. The minimum Gasteiger partial charge on any atom is -0.346 e. The Balaban J connectivity index is 1.82. The summed E-state index contributed by atoms with van der Waals surface area (Å²) in [6.45, 7) is 2.41. The van der Waals surface area contributed by atoms with E-state index in [9.17, 15) is 22.0 Å². The van der Waals surface area contributed by atoms with E-state index in [4.69, 9.17) is 0 Å². The topological polar surface area (TPSA) is 66.5 Å². The molecule has 2 aromatic carbocycles. The maximum atomic E-state index is 14.2. The molecule has 1 aliphatic heterocycles. The molecule has 8 heteroatoms. The van der Waals surface area contributed by atoms with Crippen molar-refractivity contribution >= 4 is 15.9 Å². The predicted octanol–water partition coefficient (Wildman–Crippen LogP) is 3.24. The van der Waals surface area contributed by atoms with Gasteiger partial charge < -0.3 is 5.32 Å². The molecule has 0 saturated carbocycles. The maximum absolute atomic E-state index is 14.2. The molecule has 1 fully saturated rings. The second kappa shape index (κ2) is 7.74. The van der Waals surface area contributed by atoms with Crippen LogP contribution in [0.15, 0.2) is 47.4 Å². The van der Waals surface area contributed by atoms with Crippen molar-refractivity contribution in [1.82, 2.24) is 9.62 Å². The van der Waals surface area contributed by atoms with Gasteiger partial charge >= 0.3 is 0 Å². The molecule has 27 heavy (non-hydrogen) atoms. The van der Waals surface area contributed by atoms with Crippen molar-refractivity contribution in [3.8, 4) is 0 Å². The van der Waals surface area contributed by atoms with Gasteiger partial charge in [0, 0.05) is 18.7 Å². The molecule has 5 nitrogen and oxygen atoms in total. The lowest BCUT2D eigenvalue weighted by molar-refractivity contribution is 0.0939. The molecule has 2 aromatic rings. The van der Waals surface area contributed by atoms with E-state index in [2.05, 4.69) is 5.32 Å². The highest BCUT2D eigenvalue weighted by atomic mass is 32.2. The molecule has 1 unspecified atom stereocenters. The van der Waals surface area contributed by atoms with E-state index in [-0.39, 0.29) is 11.4 Å². The molecule has 0 spiro atoms. The molecular formula is C19H20F2N2O3S. The number of hydrogen-bond acceptors (Lipinski definition) is 3. The summed E-state index contributed by atoms with van der Waals surface area (Å²) in [7, 11) is -3.97. The van der Waals surface area contributed by atoms with Crippen LogP contribution in [-0.2, 0) is 10.0 Å². The van der Waals surface area contributed by atoms with E-state index in [1.165, 1.54) is 22.5 Å². The fourth-order valence-corrected chi connectivity index (χ4v) is 4.63. The number of rotatable bonds is 5. The number of nitrogens with zero attached hydrogens (tertiary/aromatic N) is 1. The number of amides is 1. The molecule has 3 rings (SSSR count). The monoisotopic (exact) mass is 394 g/mol. The van der Waals surface area contributed by atoms with Crippen molar-refractivity contribution in [2.75, 3.05) is 13.1 Å². The normalized spacial score (nSPS) is 16.3. The lowest BCUT2D eigenvalue weighted by atomic mass is 10.1. The summed E-state index contributed by atoms with van der Waals surface area (Å²) >= 11 is 0. The van der Waals surface area contributed by atoms with E-state index in [1.54, 1.807) is 19.1 Å². The summed E-state index contributed by atoms with van der Waals surface area (Å²) in [5, 5.41) is 2.71. The highest BCUT2D eigenvalue weighted by Gasteiger charge is 2.30. The zero-order valence-corrected chi connectivity index (χ0v) is 15.6. The second-order valence-corrected chi connectivity index (χ2v) is 8.41. The molecule has 0 bridgehead atoms. The van der Waals surface area contributed by atoms with Crippen LogP contribution in [0.2, 0.25) is 0 Å². The lowest BCUT2D eigenvalue weighted by Gasteiger charge is -2.17. The Hall–Kier alpha value is -2.32. The van der Waals surface area contributed by atoms with Gasteiger partial charge in [-0.25, -0.2) is 17.2 Å². The van der Waals surface area contributed by atoms with Crippen LogP contribution in [0.1, 0.15) is 41.7 Å². The molecule has 0 radical (unpaired) electrons. The third kappa shape index (κ3) is 4.17. The van der Waals surface area contributed by atoms with Crippen LogP contribution in [0.5, 0.6) is 0 Å². The first kappa shape index (κ1) is 19.4. The quantitative estimate of drug-likeness (QED) is 0.847. The Morgan fingerprint density at radius 1 is 1.07 bits per heavy atom. The van der Waals surface area contributed by atoms with Crippen LogP contribution < -0.4 is 5.32 Å². The van der Waals surface area contributed by atoms with E-state index >= 15 is 0 Å². The zero-order valence-electron chi connectivity index (χ0n) is 14.8. The van der Waals surface area contributed by atoms with E-state index in [1.807, 2.05) is 0 Å². The van der Waals surface area contributed by atoms with Gasteiger partial charge in [-0.05, 0) is 55.7 Å². The summed E-state index contributed by atoms with van der Waals surface area (Å²) in [5.74, 6) is -1.80. The number of hydrogen-bond donors (Lipinski definition) is 1. The van der Waals surface area contributed by atoms with E-state index < -0.39 is 32.7 Å². The molecular weight excluding hydrogens is 374 g/mol. The number of sulfonamides is 1. The largest absolute Gasteiger partial charge is 0.346 e. The highest BCUT2D eigenvalue weighted by Crippen LogP contribution is 2.24. The van der Waals surface area contributed by atoms with Gasteiger partial charge in [0.1, 0.15) is 16.5 Å². The molecule has 1 saturated heterocycles. The minimum atomic E-state index is -3.97. The summed E-state index contributed by atoms with van der Waals surface area (Å²) in [6, 6.07) is 8.54. The van der Waals surface area contributed by atoms with Crippen LogP contribution in [0.3, 0.4) is 0 Å².